The molecule has 0 spiro atoms. The summed E-state index contributed by atoms with van der Waals surface area (Å²) in [6.07, 6.45) is 0.653. The van der Waals surface area contributed by atoms with Gasteiger partial charge < -0.3 is 9.30 Å². The summed E-state index contributed by atoms with van der Waals surface area (Å²) in [5, 5.41) is 0. The highest BCUT2D eigenvalue weighted by atomic mass is 16.5. The minimum absolute atomic E-state index is 0.213. The normalized spacial score (nSPS) is 17.6. The Labute approximate surface area is 198 Å². The van der Waals surface area contributed by atoms with E-state index in [1.165, 1.54) is 0 Å². The molecule has 4 aromatic rings. The second-order valence-electron chi connectivity index (χ2n) is 8.58. The van der Waals surface area contributed by atoms with Crippen LogP contribution in [0.4, 0.5) is 5.95 Å². The van der Waals surface area contributed by atoms with Gasteiger partial charge in [-0.05, 0) is 43.5 Å². The smallest absolute Gasteiger partial charge is 0.321 e. The minimum atomic E-state index is -0.997. The number of anilines is 1. The quantitative estimate of drug-likeness (QED) is 0.314. The molecule has 0 saturated carbocycles. The molecule has 172 valence electrons. The monoisotopic (exact) mass is 453 g/mol. The molecule has 1 amide bonds. The lowest BCUT2D eigenvalue weighted by molar-refractivity contribution is -0.153. The van der Waals surface area contributed by atoms with Gasteiger partial charge in [-0.2, -0.15) is 0 Å². The molecule has 2 unspecified atom stereocenters. The molecule has 34 heavy (non-hydrogen) atoms. The Kier molecular flexibility index (Phi) is 5.88. The number of benzene rings is 3. The number of hydrogen-bond donors (Lipinski definition) is 0. The van der Waals surface area contributed by atoms with Crippen molar-refractivity contribution in [3.63, 3.8) is 0 Å². The fraction of sp³-hybridized carbons (Fsp3) is 0.250. The summed E-state index contributed by atoms with van der Waals surface area (Å²) >= 11 is 0. The third-order valence-electron chi connectivity index (χ3n) is 6.37. The molecule has 5 rings (SSSR count). The molecule has 0 fully saturated rings. The number of carbonyl (C=O) groups is 2. The Hall–Kier alpha value is -3.93. The van der Waals surface area contributed by atoms with E-state index in [0.29, 0.717) is 18.9 Å². The lowest BCUT2D eigenvalue weighted by Gasteiger charge is -2.38. The summed E-state index contributed by atoms with van der Waals surface area (Å²) in [4.78, 5) is 33.7. The number of nitrogens with zero attached hydrogens (tertiary/aromatic N) is 3. The molecule has 0 N–H and O–H groups in total. The van der Waals surface area contributed by atoms with Crippen LogP contribution in [0.1, 0.15) is 29.7 Å². The third-order valence-corrected chi connectivity index (χ3v) is 6.37. The van der Waals surface area contributed by atoms with Gasteiger partial charge in [-0.15, -0.1) is 0 Å². The van der Waals surface area contributed by atoms with Crippen molar-refractivity contribution in [2.24, 2.45) is 5.92 Å². The summed E-state index contributed by atoms with van der Waals surface area (Å²) < 4.78 is 7.46. The van der Waals surface area contributed by atoms with Gasteiger partial charge in [0.2, 0.25) is 11.9 Å². The van der Waals surface area contributed by atoms with Crippen LogP contribution < -0.4 is 4.90 Å². The molecular formula is C28H27N3O3. The number of imidazole rings is 1. The zero-order valence-electron chi connectivity index (χ0n) is 19.3. The van der Waals surface area contributed by atoms with Crippen LogP contribution in [-0.2, 0) is 20.7 Å². The predicted molar refractivity (Wildman–Crippen MR) is 132 cm³/mol. The summed E-state index contributed by atoms with van der Waals surface area (Å²) in [6.45, 7) is 4.41. The van der Waals surface area contributed by atoms with Gasteiger partial charge in [0.25, 0.3) is 0 Å². The number of ether oxygens (including phenoxy) is 1. The van der Waals surface area contributed by atoms with Crippen molar-refractivity contribution < 1.29 is 14.3 Å². The van der Waals surface area contributed by atoms with E-state index < -0.39 is 17.9 Å². The van der Waals surface area contributed by atoms with E-state index >= 15 is 0 Å². The van der Waals surface area contributed by atoms with Gasteiger partial charge in [0, 0.05) is 6.54 Å². The topological polar surface area (TPSA) is 64.4 Å². The van der Waals surface area contributed by atoms with Crippen molar-refractivity contribution in [1.82, 2.24) is 9.55 Å². The highest BCUT2D eigenvalue weighted by molar-refractivity contribution is 6.08. The summed E-state index contributed by atoms with van der Waals surface area (Å²) in [5.41, 5.74) is 4.78. The van der Waals surface area contributed by atoms with E-state index in [9.17, 15) is 9.59 Å². The average Bonchev–Trinajstić information content (AvgIpc) is 3.23. The number of amides is 1. The highest BCUT2D eigenvalue weighted by Gasteiger charge is 2.47. The van der Waals surface area contributed by atoms with E-state index in [4.69, 9.17) is 9.72 Å². The minimum Gasteiger partial charge on any atom is -0.465 e. The lowest BCUT2D eigenvalue weighted by atomic mass is 9.89. The average molecular weight is 454 g/mol. The van der Waals surface area contributed by atoms with E-state index in [0.717, 1.165) is 27.7 Å². The van der Waals surface area contributed by atoms with Crippen LogP contribution in [-0.4, -0.2) is 34.6 Å². The second kappa shape index (κ2) is 9.14. The Balaban J connectivity index is 1.68. The third kappa shape index (κ3) is 3.85. The fourth-order valence-electron chi connectivity index (χ4n) is 4.71. The zero-order valence-corrected chi connectivity index (χ0v) is 19.3. The van der Waals surface area contributed by atoms with Crippen molar-refractivity contribution >= 4 is 28.9 Å². The van der Waals surface area contributed by atoms with Crippen molar-refractivity contribution in [2.45, 2.75) is 26.3 Å². The van der Waals surface area contributed by atoms with Crippen molar-refractivity contribution in [1.29, 1.82) is 0 Å². The van der Waals surface area contributed by atoms with Crippen LogP contribution in [0.5, 0.6) is 0 Å². The van der Waals surface area contributed by atoms with E-state index in [2.05, 4.69) is 0 Å². The van der Waals surface area contributed by atoms with Crippen LogP contribution in [0.25, 0.3) is 11.0 Å². The van der Waals surface area contributed by atoms with Gasteiger partial charge in [-0.3, -0.25) is 14.5 Å². The molecule has 0 aliphatic carbocycles. The van der Waals surface area contributed by atoms with Gasteiger partial charge in [-0.1, -0.05) is 72.3 Å². The lowest BCUT2D eigenvalue weighted by Crippen LogP contribution is -2.50. The number of aryl methyl sites for hydroxylation is 1. The van der Waals surface area contributed by atoms with E-state index in [-0.39, 0.29) is 12.5 Å². The largest absolute Gasteiger partial charge is 0.465 e. The van der Waals surface area contributed by atoms with Crippen LogP contribution in [0.15, 0.2) is 78.9 Å². The summed E-state index contributed by atoms with van der Waals surface area (Å²) in [5.74, 6) is -1.22. The maximum absolute atomic E-state index is 13.9. The Bertz CT molecular complexity index is 1330. The van der Waals surface area contributed by atoms with Crippen molar-refractivity contribution in [2.75, 3.05) is 18.1 Å². The van der Waals surface area contributed by atoms with Gasteiger partial charge >= 0.3 is 5.97 Å². The maximum Gasteiger partial charge on any atom is 0.321 e. The number of rotatable bonds is 6. The zero-order chi connectivity index (χ0) is 23.7. The number of esters is 1. The maximum atomic E-state index is 13.9. The van der Waals surface area contributed by atoms with Crippen LogP contribution in [0, 0.1) is 12.8 Å². The van der Waals surface area contributed by atoms with Crippen molar-refractivity contribution in [3.8, 4) is 0 Å². The summed E-state index contributed by atoms with van der Waals surface area (Å²) in [7, 11) is 0. The number of hydrogen-bond acceptors (Lipinski definition) is 4. The van der Waals surface area contributed by atoms with Gasteiger partial charge in [0.05, 0.1) is 23.7 Å². The Morgan fingerprint density at radius 3 is 2.41 bits per heavy atom. The Morgan fingerprint density at radius 2 is 1.68 bits per heavy atom. The first-order chi connectivity index (χ1) is 16.6. The first-order valence-electron chi connectivity index (χ1n) is 11.6. The van der Waals surface area contributed by atoms with Gasteiger partial charge in [-0.25, -0.2) is 4.98 Å². The van der Waals surface area contributed by atoms with Crippen LogP contribution >= 0.6 is 0 Å². The fourth-order valence-corrected chi connectivity index (χ4v) is 4.71. The first kappa shape index (κ1) is 21.9. The molecule has 6 nitrogen and oxygen atoms in total. The molecule has 2 atom stereocenters. The summed E-state index contributed by atoms with van der Waals surface area (Å²) in [6, 6.07) is 25.3. The molecule has 1 aromatic heterocycles. The molecule has 0 radical (unpaired) electrons. The molecule has 1 aliphatic rings. The van der Waals surface area contributed by atoms with Crippen LogP contribution in [0.3, 0.4) is 0 Å². The molecule has 2 heterocycles. The second-order valence-corrected chi connectivity index (χ2v) is 8.58. The van der Waals surface area contributed by atoms with Crippen LogP contribution in [0.2, 0.25) is 0 Å². The van der Waals surface area contributed by atoms with Gasteiger partial charge in [0.1, 0.15) is 0 Å². The number of para-hydroxylation sites is 2. The Morgan fingerprint density at radius 1 is 0.971 bits per heavy atom. The van der Waals surface area contributed by atoms with E-state index in [1.54, 1.807) is 11.8 Å². The van der Waals surface area contributed by atoms with Crippen molar-refractivity contribution in [3.05, 3.63) is 95.6 Å². The molecular weight excluding hydrogens is 426 g/mol. The number of carbonyl (C=O) groups excluding carboxylic acids is 2. The molecule has 3 aromatic carbocycles. The highest BCUT2D eigenvalue weighted by Crippen LogP contribution is 2.41. The number of aromatic nitrogens is 2. The SMILES string of the molecule is CCOC(=O)C1C(=O)N(CCc2ccccc2)c2nc3ccccc3n2C1c1ccc(C)cc1. The first-order valence-corrected chi connectivity index (χ1v) is 11.6. The molecule has 0 saturated heterocycles. The standard InChI is InChI=1S/C28H27N3O3/c1-3-34-27(33)24-25(21-15-13-19(2)14-16-21)31-23-12-8-7-11-22(23)29-28(31)30(26(24)32)18-17-20-9-5-4-6-10-20/h4-16,24-25H,3,17-18H2,1-2H3. The number of fused-ring (bicyclic) bond motifs is 3. The predicted octanol–water partition coefficient (Wildman–Crippen LogP) is 4.70. The van der Waals surface area contributed by atoms with E-state index in [1.807, 2.05) is 90.4 Å². The van der Waals surface area contributed by atoms with Gasteiger partial charge in [0.15, 0.2) is 5.92 Å². The molecule has 6 heteroatoms. The molecule has 1 aliphatic heterocycles. The molecule has 0 bridgehead atoms.